The van der Waals surface area contributed by atoms with Gasteiger partial charge in [0.2, 0.25) is 0 Å². The molecule has 0 aliphatic heterocycles. The first-order valence-electron chi connectivity index (χ1n) is 4.98. The average Bonchev–Trinajstić information content (AvgIpc) is 2.04. The molecule has 2 heteroatoms. The van der Waals surface area contributed by atoms with Crippen LogP contribution in [0.5, 0.6) is 0 Å². The fourth-order valence-corrected chi connectivity index (χ4v) is 2.07. The van der Waals surface area contributed by atoms with Crippen LogP contribution in [0.1, 0.15) is 32.6 Å². The van der Waals surface area contributed by atoms with Gasteiger partial charge in [-0.05, 0) is 52.3 Å². The van der Waals surface area contributed by atoms with Gasteiger partial charge in [-0.1, -0.05) is 6.08 Å². The van der Waals surface area contributed by atoms with Crippen molar-refractivity contribution in [2.45, 2.75) is 38.6 Å². The number of rotatable bonds is 3. The highest BCUT2D eigenvalue weighted by Gasteiger charge is 2.21. The average molecular weight is 181 g/mol. The van der Waals surface area contributed by atoms with Gasteiger partial charge in [0.15, 0.2) is 5.78 Å². The van der Waals surface area contributed by atoms with E-state index in [1.54, 1.807) is 6.92 Å². The maximum Gasteiger partial charge on any atom is 0.151 e. The van der Waals surface area contributed by atoms with E-state index in [9.17, 15) is 4.79 Å². The van der Waals surface area contributed by atoms with Gasteiger partial charge < -0.3 is 0 Å². The molecule has 0 radical (unpaired) electrons. The number of hydrogen-bond donors (Lipinski definition) is 0. The minimum atomic E-state index is 0.0281. The first-order chi connectivity index (χ1) is 6.13. The summed E-state index contributed by atoms with van der Waals surface area (Å²) in [5.74, 6) is 0.262. The van der Waals surface area contributed by atoms with Crippen molar-refractivity contribution >= 4 is 5.78 Å². The lowest BCUT2D eigenvalue weighted by molar-refractivity contribution is -0.120. The standard InChI is InChI=1S/C11H19NO/c1-9(13)11(12(2)3)10-7-5-4-6-8-10/h7,11H,4-6,8H2,1-3H3. The number of hydrogen-bond acceptors (Lipinski definition) is 2. The molecule has 1 rings (SSSR count). The molecular formula is C11H19NO. The third-order valence-corrected chi connectivity index (χ3v) is 2.58. The lowest BCUT2D eigenvalue weighted by Crippen LogP contribution is -2.36. The maximum absolute atomic E-state index is 11.4. The van der Waals surface area contributed by atoms with E-state index >= 15 is 0 Å². The summed E-state index contributed by atoms with van der Waals surface area (Å²) in [6.07, 6.45) is 7.01. The Morgan fingerprint density at radius 1 is 1.46 bits per heavy atom. The van der Waals surface area contributed by atoms with Crippen LogP contribution in [0.25, 0.3) is 0 Å². The quantitative estimate of drug-likeness (QED) is 0.621. The van der Waals surface area contributed by atoms with Crippen LogP contribution in [0.4, 0.5) is 0 Å². The summed E-state index contributed by atoms with van der Waals surface area (Å²) in [5, 5.41) is 0. The summed E-state index contributed by atoms with van der Waals surface area (Å²) in [4.78, 5) is 13.4. The Balaban J connectivity index is 2.74. The molecule has 13 heavy (non-hydrogen) atoms. The maximum atomic E-state index is 11.4. The lowest BCUT2D eigenvalue weighted by Gasteiger charge is -2.26. The van der Waals surface area contributed by atoms with E-state index in [4.69, 9.17) is 0 Å². The number of likely N-dealkylation sites (N-methyl/N-ethyl adjacent to an activating group) is 1. The molecule has 0 saturated carbocycles. The predicted octanol–water partition coefficient (Wildman–Crippen LogP) is 2.01. The topological polar surface area (TPSA) is 20.3 Å². The van der Waals surface area contributed by atoms with Gasteiger partial charge in [0.05, 0.1) is 6.04 Å². The predicted molar refractivity (Wildman–Crippen MR) is 54.7 cm³/mol. The van der Waals surface area contributed by atoms with Gasteiger partial charge in [-0.25, -0.2) is 0 Å². The second-order valence-corrected chi connectivity index (χ2v) is 4.00. The second-order valence-electron chi connectivity index (χ2n) is 4.00. The van der Waals surface area contributed by atoms with Crippen molar-refractivity contribution in [2.24, 2.45) is 0 Å². The molecule has 1 aliphatic rings. The number of Topliss-reactive ketones (excluding diaryl/α,β-unsaturated/α-hetero) is 1. The summed E-state index contributed by atoms with van der Waals surface area (Å²) in [6.45, 7) is 1.68. The Kier molecular flexibility index (Phi) is 3.67. The molecule has 0 spiro atoms. The SMILES string of the molecule is CC(=O)C(C1=CCCCC1)N(C)C. The van der Waals surface area contributed by atoms with Crippen molar-refractivity contribution in [2.75, 3.05) is 14.1 Å². The fraction of sp³-hybridized carbons (Fsp3) is 0.727. The van der Waals surface area contributed by atoms with Crippen LogP contribution < -0.4 is 0 Å². The molecular weight excluding hydrogens is 162 g/mol. The lowest BCUT2D eigenvalue weighted by atomic mass is 9.91. The third kappa shape index (κ3) is 2.66. The monoisotopic (exact) mass is 181 g/mol. The van der Waals surface area contributed by atoms with Crippen LogP contribution in [0.2, 0.25) is 0 Å². The molecule has 0 aromatic rings. The van der Waals surface area contributed by atoms with Crippen LogP contribution in [-0.2, 0) is 4.79 Å². The Bertz CT molecular complexity index is 218. The molecule has 0 heterocycles. The molecule has 74 valence electrons. The van der Waals surface area contributed by atoms with Gasteiger partial charge in [-0.3, -0.25) is 9.69 Å². The van der Waals surface area contributed by atoms with Crippen molar-refractivity contribution in [3.8, 4) is 0 Å². The highest BCUT2D eigenvalue weighted by Crippen LogP contribution is 2.22. The third-order valence-electron chi connectivity index (χ3n) is 2.58. The van der Waals surface area contributed by atoms with Crippen LogP contribution in [-0.4, -0.2) is 30.8 Å². The largest absolute Gasteiger partial charge is 0.298 e. The van der Waals surface area contributed by atoms with Gasteiger partial charge in [0.1, 0.15) is 0 Å². The van der Waals surface area contributed by atoms with E-state index in [1.807, 2.05) is 19.0 Å². The molecule has 0 N–H and O–H groups in total. The van der Waals surface area contributed by atoms with Gasteiger partial charge in [0.25, 0.3) is 0 Å². The first-order valence-corrected chi connectivity index (χ1v) is 4.98. The Labute approximate surface area is 80.6 Å². The molecule has 1 aliphatic carbocycles. The smallest absolute Gasteiger partial charge is 0.151 e. The van der Waals surface area contributed by atoms with Gasteiger partial charge in [-0.15, -0.1) is 0 Å². The molecule has 0 aromatic carbocycles. The Morgan fingerprint density at radius 2 is 2.15 bits per heavy atom. The Morgan fingerprint density at radius 3 is 2.54 bits per heavy atom. The van der Waals surface area contributed by atoms with E-state index < -0.39 is 0 Å². The van der Waals surface area contributed by atoms with Crippen LogP contribution >= 0.6 is 0 Å². The Hall–Kier alpha value is -0.630. The van der Waals surface area contributed by atoms with Crippen LogP contribution in [0, 0.1) is 0 Å². The van der Waals surface area contributed by atoms with Crippen molar-refractivity contribution in [3.05, 3.63) is 11.6 Å². The minimum Gasteiger partial charge on any atom is -0.298 e. The number of nitrogens with zero attached hydrogens (tertiary/aromatic N) is 1. The fourth-order valence-electron chi connectivity index (χ4n) is 2.07. The molecule has 2 nitrogen and oxygen atoms in total. The normalized spacial score (nSPS) is 19.8. The van der Waals surface area contributed by atoms with Gasteiger partial charge in [-0.2, -0.15) is 0 Å². The van der Waals surface area contributed by atoms with Crippen molar-refractivity contribution in [1.82, 2.24) is 4.90 Å². The molecule has 0 saturated heterocycles. The summed E-state index contributed by atoms with van der Waals surface area (Å²) in [7, 11) is 3.95. The van der Waals surface area contributed by atoms with E-state index in [0.717, 1.165) is 12.8 Å². The molecule has 0 bridgehead atoms. The first kappa shape index (κ1) is 10.5. The summed E-state index contributed by atoms with van der Waals surface area (Å²) in [6, 6.07) is 0.0281. The molecule has 0 aromatic heterocycles. The van der Waals surface area contributed by atoms with Crippen LogP contribution in [0.15, 0.2) is 11.6 Å². The molecule has 0 fully saturated rings. The summed E-state index contributed by atoms with van der Waals surface area (Å²) in [5.41, 5.74) is 1.32. The van der Waals surface area contributed by atoms with E-state index in [1.165, 1.54) is 18.4 Å². The van der Waals surface area contributed by atoms with Crippen molar-refractivity contribution in [3.63, 3.8) is 0 Å². The minimum absolute atomic E-state index is 0.0281. The molecule has 1 unspecified atom stereocenters. The van der Waals surface area contributed by atoms with E-state index in [-0.39, 0.29) is 11.8 Å². The number of carbonyl (C=O) groups is 1. The van der Waals surface area contributed by atoms with Crippen LogP contribution in [0.3, 0.4) is 0 Å². The zero-order valence-corrected chi connectivity index (χ0v) is 8.84. The van der Waals surface area contributed by atoms with E-state index in [2.05, 4.69) is 6.08 Å². The zero-order valence-electron chi connectivity index (χ0n) is 8.84. The van der Waals surface area contributed by atoms with Gasteiger partial charge in [0, 0.05) is 0 Å². The second kappa shape index (κ2) is 4.56. The number of ketones is 1. The van der Waals surface area contributed by atoms with Crippen molar-refractivity contribution < 1.29 is 4.79 Å². The number of allylic oxidation sites excluding steroid dienone is 1. The van der Waals surface area contributed by atoms with Crippen molar-refractivity contribution in [1.29, 1.82) is 0 Å². The van der Waals surface area contributed by atoms with E-state index in [0.29, 0.717) is 0 Å². The molecule has 0 amide bonds. The molecule has 1 atom stereocenters. The summed E-state index contributed by atoms with van der Waals surface area (Å²) >= 11 is 0. The number of carbonyl (C=O) groups excluding carboxylic acids is 1. The summed E-state index contributed by atoms with van der Waals surface area (Å²) < 4.78 is 0. The highest BCUT2D eigenvalue weighted by atomic mass is 16.1. The highest BCUT2D eigenvalue weighted by molar-refractivity contribution is 5.84. The zero-order chi connectivity index (χ0) is 9.84. The van der Waals surface area contributed by atoms with Gasteiger partial charge >= 0.3 is 0 Å².